The molecule has 0 N–H and O–H groups in total. The summed E-state index contributed by atoms with van der Waals surface area (Å²) < 4.78 is 62.9. The van der Waals surface area contributed by atoms with Gasteiger partial charge in [0.1, 0.15) is 6.61 Å². The van der Waals surface area contributed by atoms with Crippen molar-refractivity contribution in [3.05, 3.63) is 113 Å². The van der Waals surface area contributed by atoms with Crippen LogP contribution >= 0.6 is 0 Å². The fourth-order valence-electron chi connectivity index (χ4n) is 3.82. The lowest BCUT2D eigenvalue weighted by Gasteiger charge is -2.11. The van der Waals surface area contributed by atoms with Gasteiger partial charge in [-0.25, -0.2) is 13.2 Å². The first kappa shape index (κ1) is 23.6. The van der Waals surface area contributed by atoms with Gasteiger partial charge in [-0.15, -0.1) is 0 Å². The molecule has 0 heterocycles. The van der Waals surface area contributed by atoms with Gasteiger partial charge in [0, 0.05) is 11.1 Å². The van der Waals surface area contributed by atoms with E-state index in [0.717, 1.165) is 18.4 Å². The van der Waals surface area contributed by atoms with Crippen LogP contribution in [-0.4, -0.2) is 0 Å². The summed E-state index contributed by atoms with van der Waals surface area (Å²) in [6.45, 7) is 3.56. The van der Waals surface area contributed by atoms with Gasteiger partial charge in [-0.05, 0) is 47.2 Å². The summed E-state index contributed by atoms with van der Waals surface area (Å²) in [5.74, 6) is -3.97. The van der Waals surface area contributed by atoms with Gasteiger partial charge in [-0.1, -0.05) is 80.1 Å². The molecule has 5 heteroatoms. The van der Waals surface area contributed by atoms with Crippen LogP contribution in [0.2, 0.25) is 0 Å². The second-order valence-corrected chi connectivity index (χ2v) is 8.23. The molecule has 0 unspecified atom stereocenters. The zero-order valence-electron chi connectivity index (χ0n) is 19.0. The Labute approximate surface area is 196 Å². The highest BCUT2D eigenvalue weighted by Gasteiger charge is 2.16. The van der Waals surface area contributed by atoms with Crippen LogP contribution in [0.5, 0.6) is 5.75 Å². The van der Waals surface area contributed by atoms with Gasteiger partial charge in [-0.2, -0.15) is 4.39 Å². The molecule has 0 saturated carbocycles. The molecule has 1 nitrogen and oxygen atoms in total. The molecule has 174 valence electrons. The van der Waals surface area contributed by atoms with Crippen molar-refractivity contribution in [1.29, 1.82) is 0 Å². The molecule has 0 fully saturated rings. The van der Waals surface area contributed by atoms with E-state index < -0.39 is 23.3 Å². The number of ether oxygens (including phenoxy) is 1. The van der Waals surface area contributed by atoms with E-state index in [1.807, 2.05) is 12.1 Å². The molecule has 0 atom stereocenters. The summed E-state index contributed by atoms with van der Waals surface area (Å²) in [5.41, 5.74) is 3.50. The molecule has 0 aliphatic rings. The van der Waals surface area contributed by atoms with Crippen molar-refractivity contribution >= 4 is 0 Å². The predicted molar refractivity (Wildman–Crippen MR) is 127 cm³/mol. The van der Waals surface area contributed by atoms with Crippen molar-refractivity contribution in [3.8, 4) is 28.0 Å². The Morgan fingerprint density at radius 3 is 1.65 bits per heavy atom. The van der Waals surface area contributed by atoms with Gasteiger partial charge in [0.25, 0.3) is 0 Å². The number of hydrogen-bond donors (Lipinski definition) is 0. The summed E-state index contributed by atoms with van der Waals surface area (Å²) in [5, 5.41) is 0. The van der Waals surface area contributed by atoms with Crippen LogP contribution < -0.4 is 4.74 Å². The Morgan fingerprint density at radius 2 is 1.12 bits per heavy atom. The van der Waals surface area contributed by atoms with E-state index in [4.69, 9.17) is 4.74 Å². The molecule has 4 aromatic rings. The molecule has 0 amide bonds. The third kappa shape index (κ3) is 4.84. The summed E-state index contributed by atoms with van der Waals surface area (Å²) in [6.07, 6.45) is 1.96. The fourth-order valence-corrected chi connectivity index (χ4v) is 3.82. The smallest absolute Gasteiger partial charge is 0.200 e. The van der Waals surface area contributed by atoms with E-state index in [1.165, 1.54) is 19.1 Å². The molecule has 0 aliphatic heterocycles. The van der Waals surface area contributed by atoms with Gasteiger partial charge in [0.05, 0.1) is 0 Å². The Bertz CT molecular complexity index is 1300. The highest BCUT2D eigenvalue weighted by Crippen LogP contribution is 2.32. The molecule has 0 spiro atoms. The maximum atomic E-state index is 14.9. The maximum absolute atomic E-state index is 14.9. The van der Waals surface area contributed by atoms with Crippen molar-refractivity contribution in [2.75, 3.05) is 0 Å². The Balaban J connectivity index is 1.51. The van der Waals surface area contributed by atoms with Crippen LogP contribution in [0.3, 0.4) is 0 Å². The highest BCUT2D eigenvalue weighted by molar-refractivity contribution is 5.72. The lowest BCUT2D eigenvalue weighted by Crippen LogP contribution is -2.00. The molecule has 0 radical (unpaired) electrons. The normalized spacial score (nSPS) is 11.0. The first-order valence-corrected chi connectivity index (χ1v) is 11.1. The second kappa shape index (κ2) is 10.1. The summed E-state index contributed by atoms with van der Waals surface area (Å²) in [7, 11) is 0. The van der Waals surface area contributed by atoms with Crippen molar-refractivity contribution < 1.29 is 22.3 Å². The van der Waals surface area contributed by atoms with Gasteiger partial charge in [0.15, 0.2) is 23.2 Å². The fraction of sp³-hybridized carbons (Fsp3) is 0.172. The van der Waals surface area contributed by atoms with Crippen molar-refractivity contribution in [1.82, 2.24) is 0 Å². The standard InChI is InChI=1S/C29H24F4O/c1-3-4-19-6-10-21(11-7-19)23-14-15-24(28(32)27(23)31)22-12-8-20(9-13-22)17-34-25-16-5-18(2)26(30)29(25)33/h5-16H,3-4,17H2,1-2H3. The number of hydrogen-bond acceptors (Lipinski definition) is 1. The lowest BCUT2D eigenvalue weighted by atomic mass is 9.97. The Morgan fingerprint density at radius 1 is 0.588 bits per heavy atom. The summed E-state index contributed by atoms with van der Waals surface area (Å²) in [4.78, 5) is 0. The van der Waals surface area contributed by atoms with Crippen LogP contribution in [0.15, 0.2) is 72.8 Å². The molecular weight excluding hydrogens is 440 g/mol. The Hall–Kier alpha value is -3.60. The van der Waals surface area contributed by atoms with Crippen molar-refractivity contribution in [2.45, 2.75) is 33.3 Å². The second-order valence-electron chi connectivity index (χ2n) is 8.23. The third-order valence-electron chi connectivity index (χ3n) is 5.79. The van der Waals surface area contributed by atoms with E-state index in [1.54, 1.807) is 48.5 Å². The van der Waals surface area contributed by atoms with E-state index in [-0.39, 0.29) is 29.0 Å². The van der Waals surface area contributed by atoms with Gasteiger partial charge < -0.3 is 4.74 Å². The van der Waals surface area contributed by atoms with Gasteiger partial charge in [-0.3, -0.25) is 0 Å². The first-order chi connectivity index (χ1) is 16.4. The van der Waals surface area contributed by atoms with E-state index in [9.17, 15) is 17.6 Å². The zero-order chi connectivity index (χ0) is 24.2. The van der Waals surface area contributed by atoms with Gasteiger partial charge >= 0.3 is 0 Å². The van der Waals surface area contributed by atoms with Gasteiger partial charge in [0.2, 0.25) is 5.82 Å². The van der Waals surface area contributed by atoms with Crippen LogP contribution in [0.4, 0.5) is 17.6 Å². The average molecular weight is 465 g/mol. The molecule has 34 heavy (non-hydrogen) atoms. The zero-order valence-corrected chi connectivity index (χ0v) is 19.0. The van der Waals surface area contributed by atoms with E-state index in [2.05, 4.69) is 6.92 Å². The molecule has 0 saturated heterocycles. The van der Waals surface area contributed by atoms with Crippen molar-refractivity contribution in [3.63, 3.8) is 0 Å². The monoisotopic (exact) mass is 464 g/mol. The Kier molecular flexibility index (Phi) is 7.01. The minimum absolute atomic E-state index is 0.00348. The molecule has 4 rings (SSSR count). The van der Waals surface area contributed by atoms with Crippen molar-refractivity contribution in [2.24, 2.45) is 0 Å². The lowest BCUT2D eigenvalue weighted by molar-refractivity contribution is 0.284. The minimum atomic E-state index is -1.03. The average Bonchev–Trinajstić information content (AvgIpc) is 2.85. The van der Waals surface area contributed by atoms with Crippen LogP contribution in [-0.2, 0) is 13.0 Å². The molecule has 0 aromatic heterocycles. The maximum Gasteiger partial charge on any atom is 0.200 e. The number of benzene rings is 4. The molecule has 4 aromatic carbocycles. The summed E-state index contributed by atoms with van der Waals surface area (Å²) in [6, 6.07) is 20.1. The quantitative estimate of drug-likeness (QED) is 0.250. The minimum Gasteiger partial charge on any atom is -0.486 e. The molecular formula is C29H24F4O. The molecule has 0 aliphatic carbocycles. The summed E-state index contributed by atoms with van der Waals surface area (Å²) >= 11 is 0. The van der Waals surface area contributed by atoms with E-state index >= 15 is 0 Å². The highest BCUT2D eigenvalue weighted by atomic mass is 19.2. The predicted octanol–water partition coefficient (Wildman–Crippen LogP) is 8.42. The third-order valence-corrected chi connectivity index (χ3v) is 5.79. The first-order valence-electron chi connectivity index (χ1n) is 11.1. The van der Waals surface area contributed by atoms with Crippen LogP contribution in [0, 0.1) is 30.2 Å². The van der Waals surface area contributed by atoms with E-state index in [0.29, 0.717) is 16.7 Å². The van der Waals surface area contributed by atoms with Crippen LogP contribution in [0.25, 0.3) is 22.3 Å². The SMILES string of the molecule is CCCc1ccc(-c2ccc(-c3ccc(COc4ccc(C)c(F)c4F)cc3)c(F)c2F)cc1. The number of aryl methyl sites for hydroxylation is 2. The number of rotatable bonds is 7. The van der Waals surface area contributed by atoms with Crippen LogP contribution in [0.1, 0.15) is 30.0 Å². The largest absolute Gasteiger partial charge is 0.486 e. The topological polar surface area (TPSA) is 9.23 Å². The molecule has 0 bridgehead atoms. The number of halogens is 4.